The van der Waals surface area contributed by atoms with E-state index in [2.05, 4.69) is 15.6 Å². The first-order chi connectivity index (χ1) is 10.4. The molecule has 0 aliphatic carbocycles. The van der Waals surface area contributed by atoms with Crippen molar-refractivity contribution in [1.29, 1.82) is 0 Å². The van der Waals surface area contributed by atoms with Crippen molar-refractivity contribution >= 4 is 29.9 Å². The summed E-state index contributed by atoms with van der Waals surface area (Å²) in [4.78, 5) is 4.53. The third kappa shape index (κ3) is 8.50. The van der Waals surface area contributed by atoms with Crippen molar-refractivity contribution in [1.82, 2.24) is 10.6 Å². The minimum atomic E-state index is -0.282. The second-order valence-electron chi connectivity index (χ2n) is 5.91. The molecule has 0 unspecified atom stereocenters. The Kier molecular flexibility index (Phi) is 10.4. The highest BCUT2D eigenvalue weighted by atomic mass is 127. The molecule has 0 saturated carbocycles. The van der Waals surface area contributed by atoms with Crippen LogP contribution in [0.2, 0.25) is 0 Å². The highest BCUT2D eigenvalue weighted by Crippen LogP contribution is 2.10. The minimum Gasteiger partial charge on any atom is -0.377 e. The van der Waals surface area contributed by atoms with Gasteiger partial charge < -0.3 is 15.4 Å². The van der Waals surface area contributed by atoms with Crippen LogP contribution in [0.15, 0.2) is 23.2 Å². The zero-order valence-electron chi connectivity index (χ0n) is 14.7. The van der Waals surface area contributed by atoms with Gasteiger partial charge in [-0.15, -0.1) is 24.0 Å². The molecule has 0 heterocycles. The molecule has 0 aromatic heterocycles. The van der Waals surface area contributed by atoms with E-state index in [-0.39, 0.29) is 35.4 Å². The number of benzene rings is 1. The molecule has 6 heteroatoms. The van der Waals surface area contributed by atoms with Crippen molar-refractivity contribution in [2.45, 2.75) is 39.7 Å². The van der Waals surface area contributed by atoms with Gasteiger partial charge in [-0.3, -0.25) is 4.99 Å². The number of nitrogens with zero attached hydrogens (tertiary/aromatic N) is 1. The van der Waals surface area contributed by atoms with E-state index in [9.17, 15) is 4.39 Å². The first-order valence-electron chi connectivity index (χ1n) is 7.70. The third-order valence-corrected chi connectivity index (χ3v) is 3.51. The van der Waals surface area contributed by atoms with Gasteiger partial charge in [-0.1, -0.05) is 6.07 Å². The molecule has 0 atom stereocenters. The van der Waals surface area contributed by atoms with E-state index in [1.165, 1.54) is 6.07 Å². The van der Waals surface area contributed by atoms with Gasteiger partial charge in [0.2, 0.25) is 0 Å². The van der Waals surface area contributed by atoms with Gasteiger partial charge in [0.05, 0.1) is 12.1 Å². The SMILES string of the molecule is CCNC(=NCC(C)(C)OC)NCCc1ccc(F)cc1C.I. The van der Waals surface area contributed by atoms with Crippen LogP contribution in [0.3, 0.4) is 0 Å². The molecule has 0 radical (unpaired) electrons. The molecule has 1 rings (SSSR count). The Hall–Kier alpha value is -0.890. The van der Waals surface area contributed by atoms with Crippen molar-refractivity contribution in [3.05, 3.63) is 35.1 Å². The first-order valence-corrected chi connectivity index (χ1v) is 7.70. The predicted molar refractivity (Wildman–Crippen MR) is 105 cm³/mol. The summed E-state index contributed by atoms with van der Waals surface area (Å²) in [6.07, 6.45) is 0.824. The fourth-order valence-corrected chi connectivity index (χ4v) is 1.93. The molecule has 132 valence electrons. The molecular formula is C17H29FIN3O. The highest BCUT2D eigenvalue weighted by Gasteiger charge is 2.15. The Morgan fingerprint density at radius 2 is 2.00 bits per heavy atom. The van der Waals surface area contributed by atoms with Gasteiger partial charge in [0.1, 0.15) is 5.82 Å². The van der Waals surface area contributed by atoms with E-state index in [1.807, 2.05) is 33.8 Å². The van der Waals surface area contributed by atoms with Crippen molar-refractivity contribution < 1.29 is 9.13 Å². The Labute approximate surface area is 156 Å². The summed E-state index contributed by atoms with van der Waals surface area (Å²) in [5.41, 5.74) is 1.84. The van der Waals surface area contributed by atoms with Crippen LogP contribution in [0.4, 0.5) is 4.39 Å². The molecular weight excluding hydrogens is 408 g/mol. The predicted octanol–water partition coefficient (Wildman–Crippen LogP) is 3.27. The number of nitrogens with one attached hydrogen (secondary N) is 2. The van der Waals surface area contributed by atoms with Gasteiger partial charge in [-0.2, -0.15) is 0 Å². The van der Waals surface area contributed by atoms with Crippen LogP contribution < -0.4 is 10.6 Å². The normalized spacial score (nSPS) is 11.8. The number of aryl methyl sites for hydroxylation is 1. The van der Waals surface area contributed by atoms with E-state index in [4.69, 9.17) is 4.74 Å². The summed E-state index contributed by atoms with van der Waals surface area (Å²) in [5, 5.41) is 6.51. The Morgan fingerprint density at radius 3 is 2.57 bits per heavy atom. The standard InChI is InChI=1S/C17H28FN3O.HI/c1-6-19-16(21-12-17(3,4)22-5)20-10-9-14-7-8-15(18)11-13(14)2;/h7-8,11H,6,9-10,12H2,1-5H3,(H2,19,20,21);1H. The lowest BCUT2D eigenvalue weighted by Gasteiger charge is -2.21. The van der Waals surface area contributed by atoms with Crippen molar-refractivity contribution in [3.63, 3.8) is 0 Å². The van der Waals surface area contributed by atoms with E-state index >= 15 is 0 Å². The molecule has 0 bridgehead atoms. The molecule has 0 aliphatic rings. The lowest BCUT2D eigenvalue weighted by Crippen LogP contribution is -2.40. The molecule has 1 aromatic rings. The Morgan fingerprint density at radius 1 is 1.30 bits per heavy atom. The van der Waals surface area contributed by atoms with Crippen LogP contribution in [0.5, 0.6) is 0 Å². The summed E-state index contributed by atoms with van der Waals surface area (Å²) < 4.78 is 18.5. The second-order valence-corrected chi connectivity index (χ2v) is 5.91. The fourth-order valence-electron chi connectivity index (χ4n) is 1.93. The lowest BCUT2D eigenvalue weighted by molar-refractivity contribution is 0.0310. The molecule has 23 heavy (non-hydrogen) atoms. The van der Waals surface area contributed by atoms with E-state index in [0.29, 0.717) is 6.54 Å². The van der Waals surface area contributed by atoms with Gasteiger partial charge >= 0.3 is 0 Å². The number of guanidine groups is 1. The minimum absolute atomic E-state index is 0. The van der Waals surface area contributed by atoms with Crippen LogP contribution in [-0.4, -0.2) is 38.3 Å². The van der Waals surface area contributed by atoms with E-state index in [0.717, 1.165) is 36.6 Å². The van der Waals surface area contributed by atoms with Crippen molar-refractivity contribution in [2.75, 3.05) is 26.7 Å². The molecule has 4 nitrogen and oxygen atoms in total. The molecule has 0 spiro atoms. The van der Waals surface area contributed by atoms with E-state index < -0.39 is 0 Å². The smallest absolute Gasteiger partial charge is 0.191 e. The molecule has 1 aromatic carbocycles. The summed E-state index contributed by atoms with van der Waals surface area (Å²) in [7, 11) is 1.69. The summed E-state index contributed by atoms with van der Waals surface area (Å²) in [5.74, 6) is 0.582. The maximum atomic E-state index is 13.1. The number of ether oxygens (including phenoxy) is 1. The van der Waals surface area contributed by atoms with Crippen molar-refractivity contribution in [2.24, 2.45) is 4.99 Å². The van der Waals surface area contributed by atoms with Crippen LogP contribution in [0.25, 0.3) is 0 Å². The number of hydrogen-bond donors (Lipinski definition) is 2. The molecule has 2 N–H and O–H groups in total. The number of hydrogen-bond acceptors (Lipinski definition) is 2. The Balaban J connectivity index is 0.00000484. The number of methoxy groups -OCH3 is 1. The van der Waals surface area contributed by atoms with Gasteiger partial charge in [0.25, 0.3) is 0 Å². The molecule has 0 aliphatic heterocycles. The molecule has 0 fully saturated rings. The number of halogens is 2. The zero-order valence-corrected chi connectivity index (χ0v) is 17.0. The average molecular weight is 437 g/mol. The van der Waals surface area contributed by atoms with Crippen LogP contribution in [0.1, 0.15) is 31.9 Å². The lowest BCUT2D eigenvalue weighted by atomic mass is 10.1. The maximum Gasteiger partial charge on any atom is 0.191 e. The average Bonchev–Trinajstić information content (AvgIpc) is 2.47. The van der Waals surface area contributed by atoms with Crippen LogP contribution in [-0.2, 0) is 11.2 Å². The van der Waals surface area contributed by atoms with Crippen LogP contribution in [0, 0.1) is 12.7 Å². The van der Waals surface area contributed by atoms with Gasteiger partial charge in [0.15, 0.2) is 5.96 Å². The monoisotopic (exact) mass is 437 g/mol. The van der Waals surface area contributed by atoms with Crippen molar-refractivity contribution in [3.8, 4) is 0 Å². The second kappa shape index (κ2) is 10.8. The van der Waals surface area contributed by atoms with E-state index in [1.54, 1.807) is 13.2 Å². The van der Waals surface area contributed by atoms with Gasteiger partial charge in [-0.05, 0) is 57.4 Å². The highest BCUT2D eigenvalue weighted by molar-refractivity contribution is 14.0. The maximum absolute atomic E-state index is 13.1. The quantitative estimate of drug-likeness (QED) is 0.391. The third-order valence-electron chi connectivity index (χ3n) is 3.51. The zero-order chi connectivity index (χ0) is 16.6. The fraction of sp³-hybridized carbons (Fsp3) is 0.588. The summed E-state index contributed by atoms with van der Waals surface area (Å²) in [6, 6.07) is 4.91. The van der Waals surface area contributed by atoms with Gasteiger partial charge in [0, 0.05) is 20.2 Å². The van der Waals surface area contributed by atoms with Crippen LogP contribution >= 0.6 is 24.0 Å². The molecule has 0 amide bonds. The summed E-state index contributed by atoms with van der Waals surface area (Å²) in [6.45, 7) is 10.1. The Bertz CT molecular complexity index is 507. The first kappa shape index (κ1) is 22.1. The van der Waals surface area contributed by atoms with Gasteiger partial charge in [-0.25, -0.2) is 4.39 Å². The topological polar surface area (TPSA) is 45.7 Å². The molecule has 0 saturated heterocycles. The summed E-state index contributed by atoms with van der Waals surface area (Å²) >= 11 is 0. The largest absolute Gasteiger partial charge is 0.377 e. The number of aliphatic imine (C=N–C) groups is 1. The number of rotatable bonds is 7.